The summed E-state index contributed by atoms with van der Waals surface area (Å²) in [6, 6.07) is 4.32. The molecule has 1 aromatic rings. The molecule has 19 heavy (non-hydrogen) atoms. The van der Waals surface area contributed by atoms with E-state index in [0.29, 0.717) is 13.0 Å². The number of nitrogens with one attached hydrogen (secondary N) is 1. The molecule has 0 radical (unpaired) electrons. The summed E-state index contributed by atoms with van der Waals surface area (Å²) in [5.74, 6) is 0.0824. The number of thiophene rings is 1. The van der Waals surface area contributed by atoms with Crippen LogP contribution in [0.5, 0.6) is 0 Å². The van der Waals surface area contributed by atoms with Gasteiger partial charge in [-0.3, -0.25) is 4.79 Å². The Morgan fingerprint density at radius 2 is 2.11 bits per heavy atom. The van der Waals surface area contributed by atoms with Crippen LogP contribution >= 0.6 is 23.7 Å². The molecule has 0 saturated heterocycles. The van der Waals surface area contributed by atoms with E-state index in [1.807, 2.05) is 11.3 Å². The van der Waals surface area contributed by atoms with Crippen LogP contribution in [0.4, 0.5) is 0 Å². The lowest BCUT2D eigenvalue weighted by Gasteiger charge is -2.36. The Bertz CT molecular complexity index is 375. The van der Waals surface area contributed by atoms with E-state index in [9.17, 15) is 4.79 Å². The number of hydrogen-bond acceptors (Lipinski definition) is 3. The molecule has 1 amide bonds. The molecule has 1 fully saturated rings. The fourth-order valence-electron chi connectivity index (χ4n) is 2.81. The van der Waals surface area contributed by atoms with E-state index in [4.69, 9.17) is 5.73 Å². The van der Waals surface area contributed by atoms with Crippen LogP contribution in [0.15, 0.2) is 17.5 Å². The number of carbonyl (C=O) groups excluding carboxylic acids is 1. The number of rotatable bonds is 5. The lowest BCUT2D eigenvalue weighted by molar-refractivity contribution is -0.121. The quantitative estimate of drug-likeness (QED) is 0.879. The number of carbonyl (C=O) groups is 1. The van der Waals surface area contributed by atoms with Crippen LogP contribution in [0, 0.1) is 0 Å². The smallest absolute Gasteiger partial charge is 0.221 e. The van der Waals surface area contributed by atoms with Crippen molar-refractivity contribution in [3.05, 3.63) is 22.4 Å². The summed E-state index contributed by atoms with van der Waals surface area (Å²) in [4.78, 5) is 13.0. The molecule has 0 atom stereocenters. The maximum absolute atomic E-state index is 11.6. The lowest BCUT2D eigenvalue weighted by Crippen LogP contribution is -2.42. The molecule has 0 aromatic carbocycles. The van der Waals surface area contributed by atoms with Crippen molar-refractivity contribution < 1.29 is 4.79 Å². The van der Waals surface area contributed by atoms with Crippen molar-refractivity contribution in [2.45, 2.75) is 43.9 Å². The number of nitrogens with two attached hydrogens (primary N) is 1. The Labute approximate surface area is 125 Å². The molecule has 1 saturated carbocycles. The van der Waals surface area contributed by atoms with Crippen molar-refractivity contribution in [1.82, 2.24) is 5.32 Å². The first-order valence-electron chi connectivity index (χ1n) is 6.78. The predicted molar refractivity (Wildman–Crippen MR) is 83.0 cm³/mol. The Balaban J connectivity index is 0.00000180. The van der Waals surface area contributed by atoms with Crippen LogP contribution in [0.3, 0.4) is 0 Å². The van der Waals surface area contributed by atoms with Crippen LogP contribution < -0.4 is 11.1 Å². The highest BCUT2D eigenvalue weighted by atomic mass is 35.5. The van der Waals surface area contributed by atoms with E-state index >= 15 is 0 Å². The van der Waals surface area contributed by atoms with Crippen molar-refractivity contribution >= 4 is 29.7 Å². The molecule has 2 rings (SSSR count). The average molecular weight is 303 g/mol. The van der Waals surface area contributed by atoms with Crippen molar-refractivity contribution in [2.24, 2.45) is 5.73 Å². The molecule has 108 valence electrons. The minimum atomic E-state index is 0. The summed E-state index contributed by atoms with van der Waals surface area (Å²) in [6.07, 6.45) is 6.67. The van der Waals surface area contributed by atoms with E-state index in [0.717, 1.165) is 6.54 Å². The van der Waals surface area contributed by atoms with Gasteiger partial charge in [-0.25, -0.2) is 0 Å². The SMILES string of the molecule is Cl.NCCC(=O)NCC1(c2cccs2)CCCCC1. The minimum Gasteiger partial charge on any atom is -0.355 e. The summed E-state index contributed by atoms with van der Waals surface area (Å²) < 4.78 is 0. The van der Waals surface area contributed by atoms with Crippen LogP contribution in [0.2, 0.25) is 0 Å². The molecule has 0 unspecified atom stereocenters. The van der Waals surface area contributed by atoms with Gasteiger partial charge in [-0.1, -0.05) is 25.3 Å². The highest BCUT2D eigenvalue weighted by Gasteiger charge is 2.34. The van der Waals surface area contributed by atoms with Gasteiger partial charge >= 0.3 is 0 Å². The number of amides is 1. The van der Waals surface area contributed by atoms with Gasteiger partial charge in [0.15, 0.2) is 0 Å². The third-order valence-electron chi connectivity index (χ3n) is 3.85. The first-order valence-corrected chi connectivity index (χ1v) is 7.65. The Kier molecular flexibility index (Phi) is 6.83. The van der Waals surface area contributed by atoms with E-state index in [-0.39, 0.29) is 23.7 Å². The lowest BCUT2D eigenvalue weighted by atomic mass is 9.73. The maximum atomic E-state index is 11.6. The van der Waals surface area contributed by atoms with Gasteiger partial charge in [-0.15, -0.1) is 23.7 Å². The topological polar surface area (TPSA) is 55.1 Å². The van der Waals surface area contributed by atoms with Crippen LogP contribution in [0.25, 0.3) is 0 Å². The van der Waals surface area contributed by atoms with Crippen LogP contribution in [-0.4, -0.2) is 19.0 Å². The fourth-order valence-corrected chi connectivity index (χ4v) is 3.79. The molecular weight excluding hydrogens is 280 g/mol. The predicted octanol–water partition coefficient (Wildman–Crippen LogP) is 2.84. The van der Waals surface area contributed by atoms with E-state index in [1.54, 1.807) is 0 Å². The Morgan fingerprint density at radius 1 is 1.37 bits per heavy atom. The van der Waals surface area contributed by atoms with Gasteiger partial charge in [0.05, 0.1) is 0 Å². The normalized spacial score (nSPS) is 17.5. The van der Waals surface area contributed by atoms with Gasteiger partial charge in [0, 0.05) is 29.8 Å². The number of hydrogen-bond donors (Lipinski definition) is 2. The monoisotopic (exact) mass is 302 g/mol. The van der Waals surface area contributed by atoms with Crippen molar-refractivity contribution in [2.75, 3.05) is 13.1 Å². The molecule has 3 N–H and O–H groups in total. The molecule has 1 aliphatic carbocycles. The summed E-state index contributed by atoms with van der Waals surface area (Å²) >= 11 is 1.82. The Hall–Kier alpha value is -0.580. The molecule has 0 aliphatic heterocycles. The van der Waals surface area contributed by atoms with Gasteiger partial charge in [0.2, 0.25) is 5.91 Å². The van der Waals surface area contributed by atoms with Gasteiger partial charge in [-0.2, -0.15) is 0 Å². The van der Waals surface area contributed by atoms with E-state index in [1.165, 1.54) is 37.0 Å². The zero-order valence-corrected chi connectivity index (χ0v) is 12.8. The zero-order valence-electron chi connectivity index (χ0n) is 11.2. The molecular formula is C14H23ClN2OS. The largest absolute Gasteiger partial charge is 0.355 e. The molecule has 5 heteroatoms. The van der Waals surface area contributed by atoms with Crippen LogP contribution in [0.1, 0.15) is 43.4 Å². The third-order valence-corrected chi connectivity index (χ3v) is 4.97. The first kappa shape index (κ1) is 16.5. The fraction of sp³-hybridized carbons (Fsp3) is 0.643. The van der Waals surface area contributed by atoms with Gasteiger partial charge < -0.3 is 11.1 Å². The standard InChI is InChI=1S/C14H22N2OS.ClH/c15-9-6-13(17)16-11-14(7-2-1-3-8-14)12-5-4-10-18-12;/h4-5,10H,1-3,6-9,11,15H2,(H,16,17);1H. The molecule has 3 nitrogen and oxygen atoms in total. The molecule has 1 heterocycles. The maximum Gasteiger partial charge on any atom is 0.221 e. The summed E-state index contributed by atoms with van der Waals surface area (Å²) in [6.45, 7) is 1.20. The van der Waals surface area contributed by atoms with E-state index in [2.05, 4.69) is 22.8 Å². The molecule has 0 bridgehead atoms. The van der Waals surface area contributed by atoms with Gasteiger partial charge in [0.1, 0.15) is 0 Å². The highest BCUT2D eigenvalue weighted by Crippen LogP contribution is 2.41. The van der Waals surface area contributed by atoms with Gasteiger partial charge in [0.25, 0.3) is 0 Å². The Morgan fingerprint density at radius 3 is 2.68 bits per heavy atom. The second kappa shape index (κ2) is 7.88. The second-order valence-electron chi connectivity index (χ2n) is 5.13. The third kappa shape index (κ3) is 4.20. The number of halogens is 1. The average Bonchev–Trinajstić information content (AvgIpc) is 2.92. The molecule has 1 aromatic heterocycles. The minimum absolute atomic E-state index is 0. The summed E-state index contributed by atoms with van der Waals surface area (Å²) in [5, 5.41) is 5.20. The highest BCUT2D eigenvalue weighted by molar-refractivity contribution is 7.10. The van der Waals surface area contributed by atoms with Crippen molar-refractivity contribution in [3.63, 3.8) is 0 Å². The summed E-state index contributed by atoms with van der Waals surface area (Å²) in [5.41, 5.74) is 5.58. The molecule has 1 aliphatic rings. The van der Waals surface area contributed by atoms with Crippen molar-refractivity contribution in [3.8, 4) is 0 Å². The summed E-state index contributed by atoms with van der Waals surface area (Å²) in [7, 11) is 0. The van der Waals surface area contributed by atoms with Crippen LogP contribution in [-0.2, 0) is 10.2 Å². The van der Waals surface area contributed by atoms with E-state index < -0.39 is 0 Å². The van der Waals surface area contributed by atoms with Gasteiger partial charge in [-0.05, 0) is 24.3 Å². The molecule has 0 spiro atoms. The first-order chi connectivity index (χ1) is 8.77. The van der Waals surface area contributed by atoms with Crippen molar-refractivity contribution in [1.29, 1.82) is 0 Å². The zero-order chi connectivity index (χ0) is 12.8. The second-order valence-corrected chi connectivity index (χ2v) is 6.08.